The van der Waals surface area contributed by atoms with Crippen LogP contribution in [-0.2, 0) is 16.6 Å². The first-order valence-corrected chi connectivity index (χ1v) is 37.8. The Labute approximate surface area is 563 Å². The minimum atomic E-state index is -0.631. The summed E-state index contributed by atoms with van der Waals surface area (Å²) in [5, 5.41) is 7.36. The molecule has 4 heterocycles. The van der Waals surface area contributed by atoms with E-state index in [1.54, 1.807) is 6.92 Å². The topological polar surface area (TPSA) is 119 Å². The van der Waals surface area contributed by atoms with Crippen LogP contribution >= 0.6 is 0 Å². The third-order valence-electron chi connectivity index (χ3n) is 21.8. The summed E-state index contributed by atoms with van der Waals surface area (Å²) >= 11 is 0. The van der Waals surface area contributed by atoms with Gasteiger partial charge in [0.15, 0.2) is 0 Å². The van der Waals surface area contributed by atoms with E-state index in [0.29, 0.717) is 54.9 Å². The van der Waals surface area contributed by atoms with Gasteiger partial charge in [-0.3, -0.25) is 14.7 Å². The Morgan fingerprint density at radius 1 is 0.804 bits per heavy atom. The summed E-state index contributed by atoms with van der Waals surface area (Å²) in [4.78, 5) is 37.2. The van der Waals surface area contributed by atoms with Gasteiger partial charge in [-0.25, -0.2) is 8.78 Å². The van der Waals surface area contributed by atoms with E-state index in [2.05, 4.69) is 141 Å². The van der Waals surface area contributed by atoms with Gasteiger partial charge in [-0.15, -0.1) is 6.58 Å². The van der Waals surface area contributed by atoms with E-state index in [0.717, 1.165) is 188 Å². The monoisotopic (exact) mass is 1280 g/mol. The molecule has 92 heavy (non-hydrogen) atoms. The molecule has 0 bridgehead atoms. The molecule has 0 amide bonds. The van der Waals surface area contributed by atoms with Gasteiger partial charge in [-0.2, -0.15) is 0 Å². The van der Waals surface area contributed by atoms with Gasteiger partial charge < -0.3 is 31.0 Å². The molecule has 2 saturated heterocycles. The van der Waals surface area contributed by atoms with E-state index in [1.165, 1.54) is 112 Å². The first kappa shape index (κ1) is 80.8. The summed E-state index contributed by atoms with van der Waals surface area (Å²) < 4.78 is 26.8. The van der Waals surface area contributed by atoms with Crippen LogP contribution in [0.1, 0.15) is 306 Å². The summed E-state index contributed by atoms with van der Waals surface area (Å²) in [7, 11) is 0. The molecular formula is C81H141F2N7O2. The van der Waals surface area contributed by atoms with Crippen molar-refractivity contribution in [2.24, 2.45) is 45.7 Å². The number of likely N-dealkylation sites (tertiary alicyclic amines) is 2. The Morgan fingerprint density at radius 2 is 1.45 bits per heavy atom. The molecule has 2 aliphatic carbocycles. The summed E-state index contributed by atoms with van der Waals surface area (Å²) in [6.07, 6.45) is 35.6. The minimum Gasteiger partial charge on any atom is -0.387 e. The lowest BCUT2D eigenvalue weighted by atomic mass is 9.78. The van der Waals surface area contributed by atoms with Crippen LogP contribution in [0.15, 0.2) is 75.4 Å². The van der Waals surface area contributed by atoms with Gasteiger partial charge in [0.1, 0.15) is 18.1 Å². The molecule has 4 fully saturated rings. The van der Waals surface area contributed by atoms with Crippen molar-refractivity contribution in [3.63, 3.8) is 0 Å². The van der Waals surface area contributed by atoms with Crippen LogP contribution in [0.3, 0.4) is 0 Å². The number of aromatic nitrogens is 1. The number of piperidine rings is 2. The van der Waals surface area contributed by atoms with Gasteiger partial charge in [0, 0.05) is 84.6 Å². The standard InChI is InChI=1S/C37H63FN2.C26H50N4O.C18H28FNO/c1-9-10-12-27(2)13-11-14-35-20-15-28(3)25-40(35)26-29(4)21-22-37(7,8)36-30(5)23-33(31(6)39-36)24-32-16-18-34(38)19-17-32;1-6-22(4)28-18-24(16-15-23(5)31)19-30-17-11-13-25(20-30)29-26(27)14-10-8-7-9-12-21(2)3;1-5-18(3,4)16-12(2)10-14(17(21)20-16)11-13-6-8-15(19)9-7-13/h23,27-28,32,34-35,39H,4,6,9-22,24-26H2,1-3,5,7-8H3;22,24-25,28H,2,6-20H2,1,3-5H3,(H2,27,29);10,13,15H,5-9,11H2,1-4H3,(H,20,21)/t27-,28-,32?,34?,35-;22-,24?,25+;/m01./s1. The fraction of sp³-hybridized carbons (Fsp3) is 0.790. The van der Waals surface area contributed by atoms with Crippen molar-refractivity contribution in [1.82, 2.24) is 25.4 Å². The maximum Gasteiger partial charge on any atom is 0.251 e. The van der Waals surface area contributed by atoms with Crippen molar-refractivity contribution in [1.29, 1.82) is 0 Å². The molecule has 11 heteroatoms. The molecule has 0 spiro atoms. The average Bonchev–Trinajstić information content (AvgIpc) is 0.919. The Morgan fingerprint density at radius 3 is 2.07 bits per heavy atom. The second kappa shape index (κ2) is 42.1. The number of Topliss-reactive ketones (excluding diaryl/α,β-unsaturated/α-hetero) is 1. The van der Waals surface area contributed by atoms with Gasteiger partial charge in [-0.1, -0.05) is 138 Å². The number of carbonyl (C=O) groups excluding carboxylic acids is 1. The predicted molar refractivity (Wildman–Crippen MR) is 393 cm³/mol. The van der Waals surface area contributed by atoms with Crippen molar-refractivity contribution in [3.8, 4) is 0 Å². The number of ketones is 1. The number of nitrogens with zero attached hydrogens (tertiary/aromatic N) is 3. The Hall–Kier alpha value is -3.67. The lowest BCUT2D eigenvalue weighted by Gasteiger charge is -2.40. The fourth-order valence-corrected chi connectivity index (χ4v) is 15.1. The number of alkyl halides is 2. The van der Waals surface area contributed by atoms with Crippen molar-refractivity contribution >= 4 is 11.6 Å². The van der Waals surface area contributed by atoms with Crippen molar-refractivity contribution in [2.75, 3.05) is 39.3 Å². The molecule has 1 unspecified atom stereocenters. The number of aryl methyl sites for hydroxylation is 1. The molecule has 0 radical (unpaired) electrons. The number of H-pyrrole nitrogens is 1. The number of dihydropyridines is 1. The van der Waals surface area contributed by atoms with Crippen LogP contribution in [-0.4, -0.2) is 96.1 Å². The number of halogens is 2. The maximum atomic E-state index is 13.6. The number of unbranched alkanes of at least 4 members (excludes halogenated alkanes) is 4. The number of aliphatic imine (C=N–C) groups is 1. The zero-order valence-corrected chi connectivity index (χ0v) is 61.9. The third kappa shape index (κ3) is 30.6. The number of nitrogens with one attached hydrogen (secondary N) is 3. The molecule has 0 aromatic carbocycles. The number of pyridine rings is 1. The zero-order valence-electron chi connectivity index (χ0n) is 61.9. The van der Waals surface area contributed by atoms with E-state index < -0.39 is 12.3 Å². The highest BCUT2D eigenvalue weighted by Gasteiger charge is 2.32. The quantitative estimate of drug-likeness (QED) is 0.0229. The number of rotatable bonds is 36. The van der Waals surface area contributed by atoms with Crippen LogP contribution in [0.2, 0.25) is 0 Å². The highest BCUT2D eigenvalue weighted by Crippen LogP contribution is 2.40. The van der Waals surface area contributed by atoms with Gasteiger partial charge in [0.2, 0.25) is 0 Å². The minimum absolute atomic E-state index is 0.00589. The normalized spacial score (nSPS) is 23.9. The fourth-order valence-electron chi connectivity index (χ4n) is 15.1. The summed E-state index contributed by atoms with van der Waals surface area (Å²) in [6.45, 7) is 50.3. The predicted octanol–water partition coefficient (Wildman–Crippen LogP) is 20.2. The largest absolute Gasteiger partial charge is 0.387 e. The molecule has 526 valence electrons. The van der Waals surface area contributed by atoms with Crippen LogP contribution in [0.5, 0.6) is 0 Å². The number of allylic oxidation sites excluding steroid dienone is 5. The number of carbonyl (C=O) groups is 1. The van der Waals surface area contributed by atoms with Gasteiger partial charge in [-0.05, 0) is 248 Å². The van der Waals surface area contributed by atoms with E-state index in [1.807, 2.05) is 6.07 Å². The number of hydrogen-bond donors (Lipinski definition) is 4. The van der Waals surface area contributed by atoms with Gasteiger partial charge >= 0.3 is 0 Å². The number of aromatic amines is 1. The molecule has 5 N–H and O–H groups in total. The SMILES string of the molecule is C=C(C)CCCCCCC(N)=N[C@H]1CCCN(CC(CCC(C)=O)CN[C@H](C)CC)C1.C=C(CCC(C)(C)C1=C(C)C=C(CC2CCC(F)CC2)C(=C)N1)CN1C[C@@H](C)CC[C@@H]1CCC[C@@H](C)CCCC.CCC(C)(C)c1[nH]c(=O)c(CC2CCC(F)CC2)cc1C. The number of nitrogens with two attached hydrogens (primary N) is 1. The number of amidine groups is 1. The molecular weight excluding hydrogens is 1140 g/mol. The van der Waals surface area contributed by atoms with Crippen LogP contribution < -0.4 is 21.9 Å². The first-order valence-electron chi connectivity index (χ1n) is 37.8. The average molecular weight is 1280 g/mol. The lowest BCUT2D eigenvalue weighted by molar-refractivity contribution is -0.117. The van der Waals surface area contributed by atoms with Gasteiger partial charge in [0.25, 0.3) is 5.56 Å². The Bertz CT molecular complexity index is 2510. The Kier molecular flexibility index (Phi) is 37.0. The van der Waals surface area contributed by atoms with E-state index in [9.17, 15) is 18.4 Å². The third-order valence-corrected chi connectivity index (χ3v) is 21.8. The van der Waals surface area contributed by atoms with Crippen molar-refractivity contribution in [2.45, 2.75) is 338 Å². The molecule has 3 aliphatic heterocycles. The first-order chi connectivity index (χ1) is 43.6. The molecule has 6 rings (SSSR count). The highest BCUT2D eigenvalue weighted by atomic mass is 19.1. The Balaban J connectivity index is 0.000000309. The van der Waals surface area contributed by atoms with Crippen molar-refractivity contribution in [3.05, 3.63) is 92.7 Å². The van der Waals surface area contributed by atoms with Gasteiger partial charge in [0.05, 0.1) is 11.9 Å². The lowest BCUT2D eigenvalue weighted by Crippen LogP contribution is -2.43. The van der Waals surface area contributed by atoms with Crippen LogP contribution in [0.25, 0.3) is 0 Å². The molecule has 6 atom stereocenters. The highest BCUT2D eigenvalue weighted by molar-refractivity contribution is 5.80. The summed E-state index contributed by atoms with van der Waals surface area (Å²) in [6, 6.07) is 3.64. The molecule has 1 aromatic heterocycles. The smallest absolute Gasteiger partial charge is 0.251 e. The molecule has 1 aromatic rings. The maximum absolute atomic E-state index is 13.6. The summed E-state index contributed by atoms with van der Waals surface area (Å²) in [5.74, 6) is 4.35. The zero-order chi connectivity index (χ0) is 68.0. The molecule has 9 nitrogen and oxygen atoms in total. The summed E-state index contributed by atoms with van der Waals surface area (Å²) in [5.41, 5.74) is 17.1. The molecule has 2 saturated carbocycles. The number of hydrogen-bond acceptors (Lipinski definition) is 7. The molecule has 5 aliphatic rings. The van der Waals surface area contributed by atoms with E-state index in [-0.39, 0.29) is 16.4 Å². The van der Waals surface area contributed by atoms with E-state index >= 15 is 0 Å². The second-order valence-corrected chi connectivity index (χ2v) is 31.8. The second-order valence-electron chi connectivity index (χ2n) is 31.8. The van der Waals surface area contributed by atoms with Crippen molar-refractivity contribution < 1.29 is 13.6 Å². The van der Waals surface area contributed by atoms with Crippen LogP contribution in [0.4, 0.5) is 8.78 Å². The van der Waals surface area contributed by atoms with Crippen LogP contribution in [0, 0.1) is 41.9 Å². The van der Waals surface area contributed by atoms with E-state index in [4.69, 9.17) is 10.7 Å².